The van der Waals surface area contributed by atoms with Crippen LogP contribution in [-0.2, 0) is 21.7 Å². The van der Waals surface area contributed by atoms with E-state index < -0.39 is 0 Å². The first kappa shape index (κ1) is 41.8. The molecule has 4 aliphatic rings. The minimum Gasteiger partial charge on any atom is -0.334 e. The molecule has 6 aromatic rings. The molecule has 3 aliphatic heterocycles. The van der Waals surface area contributed by atoms with Crippen LogP contribution in [0.2, 0.25) is 0 Å². The van der Waals surface area contributed by atoms with Crippen molar-refractivity contribution in [3.05, 3.63) is 148 Å². The lowest BCUT2D eigenvalue weighted by Crippen LogP contribution is -2.61. The Kier molecular flexibility index (Phi) is 9.21. The Morgan fingerprint density at radius 3 is 1.56 bits per heavy atom. The maximum absolute atomic E-state index is 2.80. The van der Waals surface area contributed by atoms with Crippen molar-refractivity contribution in [2.75, 3.05) is 14.7 Å². The van der Waals surface area contributed by atoms with Gasteiger partial charge < -0.3 is 14.7 Å². The van der Waals surface area contributed by atoms with Crippen molar-refractivity contribution >= 4 is 68.6 Å². The van der Waals surface area contributed by atoms with Crippen LogP contribution in [0, 0.1) is 20.8 Å². The summed E-state index contributed by atoms with van der Waals surface area (Å²) in [4.78, 5) is 7.98. The largest absolute Gasteiger partial charge is 0.334 e. The number of aryl methyl sites for hydroxylation is 3. The molecule has 1 fully saturated rings. The molecule has 0 bridgehead atoms. The van der Waals surface area contributed by atoms with Crippen molar-refractivity contribution in [3.63, 3.8) is 0 Å². The van der Waals surface area contributed by atoms with E-state index in [1.165, 1.54) is 127 Å². The van der Waals surface area contributed by atoms with Crippen LogP contribution < -0.4 is 31.1 Å². The fourth-order valence-corrected chi connectivity index (χ4v) is 12.1. The Morgan fingerprint density at radius 1 is 0.476 bits per heavy atom. The smallest absolute Gasteiger partial charge is 0.252 e. The van der Waals surface area contributed by atoms with Gasteiger partial charge in [-0.1, -0.05) is 142 Å². The number of anilines is 8. The Morgan fingerprint density at radius 2 is 0.984 bits per heavy atom. The molecular formula is C59H68BN3. The Bertz CT molecular complexity index is 2810. The molecule has 1 saturated carbocycles. The second-order valence-electron chi connectivity index (χ2n) is 23.3. The first-order chi connectivity index (χ1) is 29.6. The SMILES string of the molecule is Cc1cc2c3c(c1)N(c1ccc(C(C)(C)C)cc1)c1cc(N4c5c(C)cc(C)cc5C5(C)CCCCC45C)ccc1B3c1cc(C(C)(C)C)ccc1N2c1ccc(C(C)(C)C)cc1. The number of fused-ring (bicyclic) bond motifs is 7. The lowest BCUT2D eigenvalue weighted by Gasteiger charge is -2.51. The van der Waals surface area contributed by atoms with E-state index in [4.69, 9.17) is 0 Å². The molecule has 0 spiro atoms. The molecule has 0 aromatic heterocycles. The zero-order chi connectivity index (χ0) is 44.8. The average molecular weight is 830 g/mol. The van der Waals surface area contributed by atoms with Crippen LogP contribution in [-0.4, -0.2) is 12.3 Å². The maximum atomic E-state index is 2.80. The van der Waals surface area contributed by atoms with Gasteiger partial charge in [0.1, 0.15) is 0 Å². The van der Waals surface area contributed by atoms with Crippen LogP contribution in [0.25, 0.3) is 0 Å². The summed E-state index contributed by atoms with van der Waals surface area (Å²) in [6, 6.07) is 43.6. The van der Waals surface area contributed by atoms with Gasteiger partial charge in [0.15, 0.2) is 0 Å². The van der Waals surface area contributed by atoms with Crippen molar-refractivity contribution in [3.8, 4) is 0 Å². The van der Waals surface area contributed by atoms with Crippen molar-refractivity contribution in [2.45, 2.75) is 150 Å². The van der Waals surface area contributed by atoms with E-state index in [1.54, 1.807) is 0 Å². The predicted molar refractivity (Wildman–Crippen MR) is 274 cm³/mol. The summed E-state index contributed by atoms with van der Waals surface area (Å²) in [6.07, 6.45) is 4.93. The molecule has 3 nitrogen and oxygen atoms in total. The van der Waals surface area contributed by atoms with Crippen LogP contribution in [0.5, 0.6) is 0 Å². The highest BCUT2D eigenvalue weighted by molar-refractivity contribution is 7.00. The summed E-state index contributed by atoms with van der Waals surface area (Å²) in [5, 5.41) is 0. The molecule has 10 rings (SSSR count). The summed E-state index contributed by atoms with van der Waals surface area (Å²) in [7, 11) is 0. The van der Waals surface area contributed by atoms with Gasteiger partial charge in [-0.15, -0.1) is 0 Å². The van der Waals surface area contributed by atoms with Crippen molar-refractivity contribution in [2.24, 2.45) is 0 Å². The van der Waals surface area contributed by atoms with Crippen LogP contribution in [0.4, 0.5) is 45.5 Å². The molecule has 0 N–H and O–H groups in total. The standard InChI is InChI=1S/C59H68BN3/c1-37-31-39(3)54-46(32-37)58(13)29-15-16-30-59(58,14)63(54)45-26-27-47-50(36-45)62(44-24-19-41(20-25-44)56(7,8)9)52-34-38(2)33-51-53(52)60(47)48-35-42(57(10,11)12)21-28-49(48)61(51)43-22-17-40(18-23-43)55(4,5)6/h17-28,31-36H,15-16,29-30H2,1-14H3. The van der Waals surface area contributed by atoms with E-state index in [0.29, 0.717) is 0 Å². The van der Waals surface area contributed by atoms with Gasteiger partial charge in [0.25, 0.3) is 6.71 Å². The molecule has 2 atom stereocenters. The van der Waals surface area contributed by atoms with Crippen LogP contribution in [0.1, 0.15) is 141 Å². The van der Waals surface area contributed by atoms with Gasteiger partial charge in [-0.2, -0.15) is 0 Å². The van der Waals surface area contributed by atoms with E-state index in [-0.39, 0.29) is 33.9 Å². The van der Waals surface area contributed by atoms with Crippen molar-refractivity contribution in [1.29, 1.82) is 0 Å². The summed E-state index contributed by atoms with van der Waals surface area (Å²) in [6.45, 7) is 33.0. The number of nitrogens with zero attached hydrogens (tertiary/aromatic N) is 3. The van der Waals surface area contributed by atoms with Gasteiger partial charge in [-0.3, -0.25) is 0 Å². The lowest BCUT2D eigenvalue weighted by atomic mass is 9.33. The Labute approximate surface area is 379 Å². The zero-order valence-electron chi connectivity index (χ0n) is 40.6. The van der Waals surface area contributed by atoms with Crippen LogP contribution >= 0.6 is 0 Å². The van der Waals surface area contributed by atoms with Crippen molar-refractivity contribution in [1.82, 2.24) is 0 Å². The number of hydrogen-bond donors (Lipinski definition) is 0. The predicted octanol–water partition coefficient (Wildman–Crippen LogP) is 14.3. The van der Waals surface area contributed by atoms with E-state index in [1.807, 2.05) is 0 Å². The minimum absolute atomic E-state index is 0.00571. The van der Waals surface area contributed by atoms with Gasteiger partial charge >= 0.3 is 0 Å². The van der Waals surface area contributed by atoms with Crippen molar-refractivity contribution < 1.29 is 0 Å². The molecule has 0 amide bonds. The Hall–Kier alpha value is -5.22. The summed E-state index contributed by atoms with van der Waals surface area (Å²) in [5.74, 6) is 0. The first-order valence-corrected chi connectivity index (χ1v) is 23.8. The maximum Gasteiger partial charge on any atom is 0.252 e. The summed E-state index contributed by atoms with van der Waals surface area (Å²) < 4.78 is 0. The third-order valence-corrected chi connectivity index (χ3v) is 15.8. The molecule has 3 heterocycles. The minimum atomic E-state index is -0.0437. The highest BCUT2D eigenvalue weighted by Crippen LogP contribution is 2.62. The fraction of sp³-hybridized carbons (Fsp3) is 0.390. The van der Waals surface area contributed by atoms with Crippen LogP contribution in [0.15, 0.2) is 109 Å². The van der Waals surface area contributed by atoms with Gasteiger partial charge in [0.2, 0.25) is 0 Å². The molecule has 1 aliphatic carbocycles. The monoisotopic (exact) mass is 830 g/mol. The normalized spacial score (nSPS) is 20.3. The highest BCUT2D eigenvalue weighted by Gasteiger charge is 2.58. The molecule has 0 saturated heterocycles. The van der Waals surface area contributed by atoms with E-state index >= 15 is 0 Å². The first-order valence-electron chi connectivity index (χ1n) is 23.8. The Balaban J connectivity index is 1.26. The molecule has 2 unspecified atom stereocenters. The summed E-state index contributed by atoms with van der Waals surface area (Å²) >= 11 is 0. The molecule has 6 aromatic carbocycles. The summed E-state index contributed by atoms with van der Waals surface area (Å²) in [5.41, 5.74) is 24.1. The van der Waals surface area contributed by atoms with Gasteiger partial charge in [-0.25, -0.2) is 0 Å². The zero-order valence-corrected chi connectivity index (χ0v) is 40.6. The second-order valence-corrected chi connectivity index (χ2v) is 23.3. The van der Waals surface area contributed by atoms with E-state index in [9.17, 15) is 0 Å². The average Bonchev–Trinajstić information content (AvgIpc) is 3.42. The number of hydrogen-bond acceptors (Lipinski definition) is 3. The molecule has 63 heavy (non-hydrogen) atoms. The third-order valence-electron chi connectivity index (χ3n) is 15.8. The fourth-order valence-electron chi connectivity index (χ4n) is 12.1. The van der Waals surface area contributed by atoms with E-state index in [2.05, 4.69) is 221 Å². The molecule has 0 radical (unpaired) electrons. The second kappa shape index (κ2) is 13.9. The van der Waals surface area contributed by atoms with Gasteiger partial charge in [0, 0.05) is 50.9 Å². The van der Waals surface area contributed by atoms with Gasteiger partial charge in [0.05, 0.1) is 5.54 Å². The van der Waals surface area contributed by atoms with E-state index in [0.717, 1.165) is 0 Å². The number of rotatable bonds is 3. The number of benzene rings is 6. The topological polar surface area (TPSA) is 9.72 Å². The van der Waals surface area contributed by atoms with Crippen LogP contribution in [0.3, 0.4) is 0 Å². The molecule has 322 valence electrons. The van der Waals surface area contributed by atoms with Gasteiger partial charge in [-0.05, 0) is 161 Å². The third kappa shape index (κ3) is 6.28. The molecular weight excluding hydrogens is 761 g/mol. The lowest BCUT2D eigenvalue weighted by molar-refractivity contribution is 0.195. The quantitative estimate of drug-likeness (QED) is 0.164. The molecule has 4 heteroatoms. The highest BCUT2D eigenvalue weighted by atomic mass is 15.3.